The number of nitrogens with zero attached hydrogens (tertiary/aromatic N) is 2. The van der Waals surface area contributed by atoms with E-state index in [2.05, 4.69) is 28.3 Å². The number of rotatable bonds is 5. The molecule has 0 amide bonds. The Morgan fingerprint density at radius 1 is 1.10 bits per heavy atom. The third-order valence-corrected chi connectivity index (χ3v) is 2.99. The zero-order valence-corrected chi connectivity index (χ0v) is 12.5. The summed E-state index contributed by atoms with van der Waals surface area (Å²) in [7, 11) is 1.93. The van der Waals surface area contributed by atoms with Crippen LogP contribution in [-0.4, -0.2) is 17.0 Å². The molecule has 0 atom stereocenters. The molecule has 0 radical (unpaired) electrons. The predicted molar refractivity (Wildman–Crippen MR) is 80.2 cm³/mol. The van der Waals surface area contributed by atoms with Gasteiger partial charge < -0.3 is 10.1 Å². The molecular weight excluding hydrogens is 250 g/mol. The van der Waals surface area contributed by atoms with Crippen LogP contribution < -0.4 is 10.1 Å². The fourth-order valence-corrected chi connectivity index (χ4v) is 2.12. The van der Waals surface area contributed by atoms with Gasteiger partial charge in [-0.3, -0.25) is 4.98 Å². The van der Waals surface area contributed by atoms with Crippen molar-refractivity contribution in [1.29, 1.82) is 0 Å². The number of nitrogens with one attached hydrogen (secondary N) is 1. The van der Waals surface area contributed by atoms with Gasteiger partial charge in [-0.2, -0.15) is 0 Å². The Labute approximate surface area is 120 Å². The average molecular weight is 271 g/mol. The topological polar surface area (TPSA) is 47.0 Å². The minimum atomic E-state index is 0.621. The van der Waals surface area contributed by atoms with Crippen LogP contribution in [0.3, 0.4) is 0 Å². The van der Waals surface area contributed by atoms with Crippen molar-refractivity contribution in [1.82, 2.24) is 15.3 Å². The molecule has 0 aromatic carbocycles. The van der Waals surface area contributed by atoms with E-state index in [-0.39, 0.29) is 0 Å². The first-order valence-electron chi connectivity index (χ1n) is 6.89. The summed E-state index contributed by atoms with van der Waals surface area (Å²) in [5, 5.41) is 3.14. The van der Waals surface area contributed by atoms with Crippen molar-refractivity contribution in [3.63, 3.8) is 0 Å². The van der Waals surface area contributed by atoms with Gasteiger partial charge >= 0.3 is 0 Å². The number of ether oxygens (including phenoxy) is 1. The summed E-state index contributed by atoms with van der Waals surface area (Å²) in [6.07, 6.45) is 0.839. The standard InChI is InChI=1S/C16H21N3O/c1-5-14-15(7-6-11(2)18-14)20-16-9-13(10-17-4)8-12(3)19-16/h6-9,17H,5,10H2,1-4H3. The fourth-order valence-electron chi connectivity index (χ4n) is 2.12. The minimum Gasteiger partial charge on any atom is -0.437 e. The first kappa shape index (κ1) is 14.5. The van der Waals surface area contributed by atoms with Crippen LogP contribution in [0, 0.1) is 13.8 Å². The van der Waals surface area contributed by atoms with E-state index in [9.17, 15) is 0 Å². The van der Waals surface area contributed by atoms with E-state index in [0.717, 1.165) is 41.4 Å². The monoisotopic (exact) mass is 271 g/mol. The van der Waals surface area contributed by atoms with Crippen molar-refractivity contribution in [3.8, 4) is 11.6 Å². The quantitative estimate of drug-likeness (QED) is 0.907. The lowest BCUT2D eigenvalue weighted by atomic mass is 10.2. The van der Waals surface area contributed by atoms with E-state index < -0.39 is 0 Å². The molecule has 106 valence electrons. The van der Waals surface area contributed by atoms with Crippen LogP contribution in [0.25, 0.3) is 0 Å². The Kier molecular flexibility index (Phi) is 4.69. The Morgan fingerprint density at radius 3 is 2.60 bits per heavy atom. The molecule has 0 aliphatic carbocycles. The summed E-state index contributed by atoms with van der Waals surface area (Å²) < 4.78 is 5.92. The average Bonchev–Trinajstić information content (AvgIpc) is 2.40. The Hall–Kier alpha value is -1.94. The molecule has 0 bridgehead atoms. The number of aryl methyl sites for hydroxylation is 3. The summed E-state index contributed by atoms with van der Waals surface area (Å²) in [4.78, 5) is 8.94. The van der Waals surface area contributed by atoms with Gasteiger partial charge in [0.2, 0.25) is 5.88 Å². The van der Waals surface area contributed by atoms with E-state index >= 15 is 0 Å². The molecule has 0 saturated heterocycles. The van der Waals surface area contributed by atoms with Crippen LogP contribution in [0.4, 0.5) is 0 Å². The van der Waals surface area contributed by atoms with Crippen molar-refractivity contribution in [2.24, 2.45) is 0 Å². The molecule has 0 aliphatic heterocycles. The van der Waals surface area contributed by atoms with Crippen molar-refractivity contribution in [2.75, 3.05) is 7.05 Å². The van der Waals surface area contributed by atoms with Crippen LogP contribution in [0.15, 0.2) is 24.3 Å². The zero-order valence-electron chi connectivity index (χ0n) is 12.5. The van der Waals surface area contributed by atoms with E-state index in [4.69, 9.17) is 4.74 Å². The highest BCUT2D eigenvalue weighted by Gasteiger charge is 2.08. The van der Waals surface area contributed by atoms with E-state index in [0.29, 0.717) is 5.88 Å². The van der Waals surface area contributed by atoms with Gasteiger partial charge in [0.1, 0.15) is 0 Å². The maximum Gasteiger partial charge on any atom is 0.219 e. The minimum absolute atomic E-state index is 0.621. The lowest BCUT2D eigenvalue weighted by Gasteiger charge is -2.11. The molecule has 0 unspecified atom stereocenters. The van der Waals surface area contributed by atoms with E-state index in [1.165, 1.54) is 0 Å². The van der Waals surface area contributed by atoms with Gasteiger partial charge in [0, 0.05) is 24.0 Å². The summed E-state index contributed by atoms with van der Waals surface area (Å²) >= 11 is 0. The first-order chi connectivity index (χ1) is 9.62. The zero-order chi connectivity index (χ0) is 14.5. The maximum absolute atomic E-state index is 5.92. The normalized spacial score (nSPS) is 10.6. The molecule has 20 heavy (non-hydrogen) atoms. The Morgan fingerprint density at radius 2 is 1.90 bits per heavy atom. The SMILES string of the molecule is CCc1nc(C)ccc1Oc1cc(CNC)cc(C)n1. The molecule has 2 rings (SSSR count). The summed E-state index contributed by atoms with van der Waals surface area (Å²) in [5.41, 5.74) is 4.07. The van der Waals surface area contributed by atoms with Gasteiger partial charge in [0.05, 0.1) is 5.69 Å². The van der Waals surface area contributed by atoms with Crippen molar-refractivity contribution in [3.05, 3.63) is 46.9 Å². The second-order valence-corrected chi connectivity index (χ2v) is 4.84. The number of pyridine rings is 2. The van der Waals surface area contributed by atoms with E-state index in [1.807, 2.05) is 39.1 Å². The molecule has 0 fully saturated rings. The van der Waals surface area contributed by atoms with Crippen molar-refractivity contribution in [2.45, 2.75) is 33.7 Å². The Balaban J connectivity index is 2.29. The highest BCUT2D eigenvalue weighted by atomic mass is 16.5. The highest BCUT2D eigenvalue weighted by Crippen LogP contribution is 2.24. The van der Waals surface area contributed by atoms with Crippen LogP contribution in [0.5, 0.6) is 11.6 Å². The molecule has 4 nitrogen and oxygen atoms in total. The second-order valence-electron chi connectivity index (χ2n) is 4.84. The number of hydrogen-bond donors (Lipinski definition) is 1. The largest absolute Gasteiger partial charge is 0.437 e. The first-order valence-corrected chi connectivity index (χ1v) is 6.89. The molecule has 4 heteroatoms. The summed E-state index contributed by atoms with van der Waals surface area (Å²) in [5.74, 6) is 1.40. The van der Waals surface area contributed by atoms with Gasteiger partial charge in [-0.25, -0.2) is 4.98 Å². The molecule has 2 heterocycles. The molecule has 1 N–H and O–H groups in total. The van der Waals surface area contributed by atoms with Gasteiger partial charge in [-0.15, -0.1) is 0 Å². The second kappa shape index (κ2) is 6.48. The third kappa shape index (κ3) is 3.54. The van der Waals surface area contributed by atoms with Crippen molar-refractivity contribution < 1.29 is 4.74 Å². The maximum atomic E-state index is 5.92. The van der Waals surface area contributed by atoms with Crippen molar-refractivity contribution >= 4 is 0 Å². The van der Waals surface area contributed by atoms with Crippen LogP contribution in [0.1, 0.15) is 29.6 Å². The summed E-state index contributed by atoms with van der Waals surface area (Å²) in [6.45, 7) is 6.83. The third-order valence-electron chi connectivity index (χ3n) is 2.99. The lowest BCUT2D eigenvalue weighted by molar-refractivity contribution is 0.452. The smallest absolute Gasteiger partial charge is 0.219 e. The molecule has 0 aliphatic rings. The molecule has 0 saturated carbocycles. The van der Waals surface area contributed by atoms with Gasteiger partial charge in [-0.05, 0) is 51.1 Å². The van der Waals surface area contributed by atoms with E-state index in [1.54, 1.807) is 0 Å². The number of aromatic nitrogens is 2. The number of hydrogen-bond acceptors (Lipinski definition) is 4. The van der Waals surface area contributed by atoms with Gasteiger partial charge in [-0.1, -0.05) is 6.92 Å². The van der Waals surface area contributed by atoms with Crippen LogP contribution >= 0.6 is 0 Å². The molecule has 2 aromatic rings. The summed E-state index contributed by atoms with van der Waals surface area (Å²) in [6, 6.07) is 7.93. The predicted octanol–water partition coefficient (Wildman–Crippen LogP) is 3.17. The van der Waals surface area contributed by atoms with Gasteiger partial charge in [0.25, 0.3) is 0 Å². The molecule has 2 aromatic heterocycles. The highest BCUT2D eigenvalue weighted by molar-refractivity contribution is 5.34. The molecule has 0 spiro atoms. The lowest BCUT2D eigenvalue weighted by Crippen LogP contribution is -2.06. The fraction of sp³-hybridized carbons (Fsp3) is 0.375. The molecular formula is C16H21N3O. The van der Waals surface area contributed by atoms with Crippen LogP contribution in [-0.2, 0) is 13.0 Å². The van der Waals surface area contributed by atoms with Crippen LogP contribution in [0.2, 0.25) is 0 Å². The Bertz CT molecular complexity index is 596. The van der Waals surface area contributed by atoms with Gasteiger partial charge in [0.15, 0.2) is 5.75 Å².